The van der Waals surface area contributed by atoms with Crippen LogP contribution in [-0.2, 0) is 21.2 Å². The van der Waals surface area contributed by atoms with Crippen LogP contribution in [0.5, 0.6) is 0 Å². The second-order valence-corrected chi connectivity index (χ2v) is 11.3. The van der Waals surface area contributed by atoms with Gasteiger partial charge in [-0.1, -0.05) is 60.7 Å². The molecule has 35 heavy (non-hydrogen) atoms. The van der Waals surface area contributed by atoms with Crippen molar-refractivity contribution in [1.82, 2.24) is 9.21 Å². The van der Waals surface area contributed by atoms with E-state index in [1.165, 1.54) is 11.1 Å². The molecule has 2 heterocycles. The summed E-state index contributed by atoms with van der Waals surface area (Å²) in [6.45, 7) is 5.71. The quantitative estimate of drug-likeness (QED) is 0.542. The number of carbonyl (C=O) groups excluding carboxylic acids is 1. The summed E-state index contributed by atoms with van der Waals surface area (Å²) in [5, 5.41) is 0. The molecule has 1 unspecified atom stereocenters. The molecule has 3 aromatic rings. The number of piperazine rings is 1. The average Bonchev–Trinajstić information content (AvgIpc) is 3.21. The van der Waals surface area contributed by atoms with Crippen LogP contribution in [0.25, 0.3) is 0 Å². The molecule has 0 spiro atoms. The first-order chi connectivity index (χ1) is 16.9. The smallest absolute Gasteiger partial charge is 0.243 e. The predicted molar refractivity (Wildman–Crippen MR) is 138 cm³/mol. The van der Waals surface area contributed by atoms with Gasteiger partial charge in [-0.3, -0.25) is 9.69 Å². The van der Waals surface area contributed by atoms with E-state index in [1.54, 1.807) is 34.3 Å². The Kier molecular flexibility index (Phi) is 6.49. The normalized spacial score (nSPS) is 19.2. The molecular weight excluding hydrogens is 458 g/mol. The van der Waals surface area contributed by atoms with E-state index in [0.717, 1.165) is 11.3 Å². The van der Waals surface area contributed by atoms with Crippen molar-refractivity contribution < 1.29 is 13.2 Å². The predicted octanol–water partition coefficient (Wildman–Crippen LogP) is 4.08. The molecule has 7 heteroatoms. The second-order valence-electron chi connectivity index (χ2n) is 9.40. The molecule has 0 N–H and O–H groups in total. The summed E-state index contributed by atoms with van der Waals surface area (Å²) in [7, 11) is -3.61. The highest BCUT2D eigenvalue weighted by atomic mass is 32.2. The lowest BCUT2D eigenvalue weighted by molar-refractivity contribution is -0.116. The highest BCUT2D eigenvalue weighted by Gasteiger charge is 2.34. The lowest BCUT2D eigenvalue weighted by Gasteiger charge is -2.39. The van der Waals surface area contributed by atoms with E-state index in [0.29, 0.717) is 37.5 Å². The van der Waals surface area contributed by atoms with Crippen LogP contribution in [0.2, 0.25) is 0 Å². The maximum absolute atomic E-state index is 13.5. The third-order valence-electron chi connectivity index (χ3n) is 7.11. The van der Waals surface area contributed by atoms with Gasteiger partial charge in [0.05, 0.1) is 10.9 Å². The van der Waals surface area contributed by atoms with Crippen molar-refractivity contribution in [3.8, 4) is 0 Å². The highest BCUT2D eigenvalue weighted by molar-refractivity contribution is 7.89. The average molecular weight is 490 g/mol. The van der Waals surface area contributed by atoms with E-state index >= 15 is 0 Å². The Morgan fingerprint density at radius 3 is 1.97 bits per heavy atom. The number of amides is 1. The minimum absolute atomic E-state index is 0.0191. The number of anilines is 1. The Morgan fingerprint density at radius 1 is 0.857 bits per heavy atom. The standard InChI is InChI=1S/C28H31N3O3S/c1-21-19-25-20-26(13-14-27(25)31(21)22(2)32)35(33,34)30-17-15-29(16-18-30)28(23-9-5-3-6-10-23)24-11-7-4-8-12-24/h3-14,20-21,28H,15-19H2,1-2H3. The molecule has 6 nitrogen and oxygen atoms in total. The van der Waals surface area contributed by atoms with Gasteiger partial charge >= 0.3 is 0 Å². The highest BCUT2D eigenvalue weighted by Crippen LogP contribution is 2.35. The molecule has 0 aromatic heterocycles. The Balaban J connectivity index is 1.35. The number of fused-ring (bicyclic) bond motifs is 1. The maximum Gasteiger partial charge on any atom is 0.243 e. The zero-order valence-electron chi connectivity index (χ0n) is 20.2. The molecule has 0 bridgehead atoms. The van der Waals surface area contributed by atoms with Crippen molar-refractivity contribution in [2.24, 2.45) is 0 Å². The summed E-state index contributed by atoms with van der Waals surface area (Å²) in [5.41, 5.74) is 4.15. The van der Waals surface area contributed by atoms with Gasteiger partial charge in [0, 0.05) is 44.8 Å². The molecule has 1 fully saturated rings. The van der Waals surface area contributed by atoms with Crippen LogP contribution in [-0.4, -0.2) is 55.8 Å². The van der Waals surface area contributed by atoms with Crippen LogP contribution >= 0.6 is 0 Å². The van der Waals surface area contributed by atoms with Gasteiger partial charge in [0.25, 0.3) is 0 Å². The molecular formula is C28H31N3O3S. The molecule has 5 rings (SSSR count). The summed E-state index contributed by atoms with van der Waals surface area (Å²) >= 11 is 0. The summed E-state index contributed by atoms with van der Waals surface area (Å²) in [6.07, 6.45) is 0.669. The number of hydrogen-bond acceptors (Lipinski definition) is 4. The molecule has 0 radical (unpaired) electrons. The zero-order valence-corrected chi connectivity index (χ0v) is 21.0. The number of hydrogen-bond donors (Lipinski definition) is 0. The van der Waals surface area contributed by atoms with Crippen molar-refractivity contribution in [3.63, 3.8) is 0 Å². The molecule has 1 saturated heterocycles. The van der Waals surface area contributed by atoms with Gasteiger partial charge in [-0.2, -0.15) is 4.31 Å². The molecule has 1 atom stereocenters. The van der Waals surface area contributed by atoms with Crippen LogP contribution in [0.4, 0.5) is 5.69 Å². The summed E-state index contributed by atoms with van der Waals surface area (Å²) in [5.74, 6) is -0.0191. The largest absolute Gasteiger partial charge is 0.309 e. The monoisotopic (exact) mass is 489 g/mol. The maximum atomic E-state index is 13.5. The fourth-order valence-corrected chi connectivity index (χ4v) is 6.96. The van der Waals surface area contributed by atoms with Crippen molar-refractivity contribution in [2.75, 3.05) is 31.1 Å². The number of benzene rings is 3. The Bertz CT molecular complexity index is 1260. The van der Waals surface area contributed by atoms with Gasteiger partial charge in [0.15, 0.2) is 0 Å². The van der Waals surface area contributed by atoms with Gasteiger partial charge in [-0.25, -0.2) is 8.42 Å². The lowest BCUT2D eigenvalue weighted by Crippen LogP contribution is -2.49. The topological polar surface area (TPSA) is 60.9 Å². The molecule has 0 aliphatic carbocycles. The molecule has 2 aliphatic rings. The molecule has 3 aromatic carbocycles. The van der Waals surface area contributed by atoms with Gasteiger partial charge in [-0.05, 0) is 48.2 Å². The fraction of sp³-hybridized carbons (Fsp3) is 0.321. The Hall–Kier alpha value is -3.00. The van der Waals surface area contributed by atoms with Crippen LogP contribution < -0.4 is 4.90 Å². The number of rotatable bonds is 5. The first-order valence-electron chi connectivity index (χ1n) is 12.1. The second kappa shape index (κ2) is 9.57. The van der Waals surface area contributed by atoms with Crippen LogP contribution in [0.3, 0.4) is 0 Å². The van der Waals surface area contributed by atoms with Crippen LogP contribution in [0.1, 0.15) is 36.6 Å². The van der Waals surface area contributed by atoms with Crippen LogP contribution in [0, 0.1) is 0 Å². The van der Waals surface area contributed by atoms with Crippen LogP contribution in [0.15, 0.2) is 83.8 Å². The van der Waals surface area contributed by atoms with E-state index in [1.807, 2.05) is 43.3 Å². The van der Waals surface area contributed by atoms with Crippen molar-refractivity contribution >= 4 is 21.6 Å². The van der Waals surface area contributed by atoms with E-state index < -0.39 is 10.0 Å². The summed E-state index contributed by atoms with van der Waals surface area (Å²) < 4.78 is 28.7. The van der Waals surface area contributed by atoms with E-state index in [-0.39, 0.29) is 18.0 Å². The fourth-order valence-electron chi connectivity index (χ4n) is 5.48. The van der Waals surface area contributed by atoms with E-state index in [4.69, 9.17) is 0 Å². The number of nitrogens with zero attached hydrogens (tertiary/aromatic N) is 3. The van der Waals surface area contributed by atoms with E-state index in [2.05, 4.69) is 29.2 Å². The van der Waals surface area contributed by atoms with Gasteiger partial charge < -0.3 is 4.90 Å². The van der Waals surface area contributed by atoms with Gasteiger partial charge in [-0.15, -0.1) is 0 Å². The molecule has 2 aliphatic heterocycles. The van der Waals surface area contributed by atoms with Crippen molar-refractivity contribution in [1.29, 1.82) is 0 Å². The molecule has 182 valence electrons. The Labute approximate surface area is 207 Å². The minimum atomic E-state index is -3.61. The van der Waals surface area contributed by atoms with E-state index in [9.17, 15) is 13.2 Å². The summed E-state index contributed by atoms with van der Waals surface area (Å²) in [4.78, 5) is 16.5. The Morgan fingerprint density at radius 2 is 1.43 bits per heavy atom. The molecule has 1 amide bonds. The summed E-state index contributed by atoms with van der Waals surface area (Å²) in [6, 6.07) is 26.1. The van der Waals surface area contributed by atoms with Crippen molar-refractivity contribution in [3.05, 3.63) is 95.6 Å². The first-order valence-corrected chi connectivity index (χ1v) is 13.6. The third-order valence-corrected chi connectivity index (χ3v) is 9.01. The molecule has 0 saturated carbocycles. The van der Waals surface area contributed by atoms with Gasteiger partial charge in [0.1, 0.15) is 0 Å². The minimum Gasteiger partial charge on any atom is -0.309 e. The first kappa shape index (κ1) is 23.7. The van der Waals surface area contributed by atoms with Crippen molar-refractivity contribution in [2.45, 2.75) is 37.2 Å². The lowest BCUT2D eigenvalue weighted by atomic mass is 9.96. The number of sulfonamides is 1. The zero-order chi connectivity index (χ0) is 24.6. The third kappa shape index (κ3) is 4.51. The number of carbonyl (C=O) groups is 1. The SMILES string of the molecule is CC(=O)N1c2ccc(S(=O)(=O)N3CCN(C(c4ccccc4)c4ccccc4)CC3)cc2CC1C. The van der Waals surface area contributed by atoms with Gasteiger partial charge in [0.2, 0.25) is 15.9 Å².